The number of benzene rings is 1. The summed E-state index contributed by atoms with van der Waals surface area (Å²) >= 11 is 0. The Kier molecular flexibility index (Phi) is 3.42. The molecule has 1 saturated carbocycles. The van der Waals surface area contributed by atoms with Gasteiger partial charge in [-0.3, -0.25) is 9.59 Å². The van der Waals surface area contributed by atoms with Crippen LogP contribution in [0.2, 0.25) is 0 Å². The molecular weight excluding hydrogens is 218 g/mol. The van der Waals surface area contributed by atoms with Crippen LogP contribution in [0.3, 0.4) is 0 Å². The summed E-state index contributed by atoms with van der Waals surface area (Å²) in [6.45, 7) is 0. The maximum Gasteiger partial charge on any atom is 0.306 e. The Bertz CT molecular complexity index is 416. The largest absolute Gasteiger partial charge is 0.481 e. The summed E-state index contributed by atoms with van der Waals surface area (Å²) < 4.78 is 0. The minimum Gasteiger partial charge on any atom is -0.481 e. The van der Waals surface area contributed by atoms with E-state index in [1.807, 2.05) is 18.2 Å². The van der Waals surface area contributed by atoms with Crippen LogP contribution in [-0.4, -0.2) is 23.0 Å². The second kappa shape index (κ2) is 4.99. The van der Waals surface area contributed by atoms with Gasteiger partial charge in [0.05, 0.1) is 5.92 Å². The lowest BCUT2D eigenvalue weighted by molar-refractivity contribution is -0.141. The predicted octanol–water partition coefficient (Wildman–Crippen LogP) is 1.67. The van der Waals surface area contributed by atoms with Crippen LogP contribution >= 0.6 is 0 Å². The van der Waals surface area contributed by atoms with E-state index in [1.54, 1.807) is 12.1 Å². The van der Waals surface area contributed by atoms with Crippen molar-refractivity contribution in [3.05, 3.63) is 35.9 Å². The maximum absolute atomic E-state index is 11.8. The molecule has 4 heteroatoms. The Morgan fingerprint density at radius 3 is 2.47 bits per heavy atom. The van der Waals surface area contributed by atoms with E-state index in [9.17, 15) is 9.59 Å². The molecule has 0 heterocycles. The molecule has 0 saturated heterocycles. The van der Waals surface area contributed by atoms with Crippen molar-refractivity contribution in [2.24, 2.45) is 5.92 Å². The van der Waals surface area contributed by atoms with E-state index in [-0.39, 0.29) is 17.9 Å². The van der Waals surface area contributed by atoms with E-state index in [4.69, 9.17) is 5.11 Å². The lowest BCUT2D eigenvalue weighted by atomic mass is 10.1. The summed E-state index contributed by atoms with van der Waals surface area (Å²) in [4.78, 5) is 22.6. The van der Waals surface area contributed by atoms with E-state index in [2.05, 4.69) is 5.32 Å². The number of hydrogen-bond acceptors (Lipinski definition) is 2. The number of carboxylic acid groups (broad SMARTS) is 1. The number of nitrogens with one attached hydrogen (secondary N) is 1. The molecule has 90 valence electrons. The highest BCUT2D eigenvalue weighted by Crippen LogP contribution is 2.25. The van der Waals surface area contributed by atoms with Gasteiger partial charge in [0.25, 0.3) is 5.91 Å². The average molecular weight is 233 g/mol. The van der Waals surface area contributed by atoms with Crippen molar-refractivity contribution in [3.8, 4) is 0 Å². The van der Waals surface area contributed by atoms with Crippen LogP contribution in [0, 0.1) is 5.92 Å². The van der Waals surface area contributed by atoms with Crippen LogP contribution < -0.4 is 5.32 Å². The number of carbonyl (C=O) groups is 2. The summed E-state index contributed by atoms with van der Waals surface area (Å²) in [5.74, 6) is -1.20. The van der Waals surface area contributed by atoms with Crippen LogP contribution in [0.4, 0.5) is 0 Å². The third-order valence-corrected chi connectivity index (χ3v) is 3.15. The number of hydrogen-bond donors (Lipinski definition) is 2. The van der Waals surface area contributed by atoms with Gasteiger partial charge in [0.2, 0.25) is 0 Å². The molecule has 0 spiro atoms. The number of carboxylic acids is 1. The third-order valence-electron chi connectivity index (χ3n) is 3.15. The quantitative estimate of drug-likeness (QED) is 0.834. The van der Waals surface area contributed by atoms with Gasteiger partial charge in [-0.15, -0.1) is 0 Å². The Balaban J connectivity index is 1.91. The maximum atomic E-state index is 11.8. The smallest absolute Gasteiger partial charge is 0.306 e. The summed E-state index contributed by atoms with van der Waals surface area (Å²) in [6, 6.07) is 8.96. The zero-order valence-electron chi connectivity index (χ0n) is 9.43. The van der Waals surface area contributed by atoms with E-state index in [0.29, 0.717) is 18.4 Å². The SMILES string of the molecule is O=C(N[C@H]1CC[C@@H](C(=O)O)C1)c1ccccc1. The van der Waals surface area contributed by atoms with Crippen LogP contribution in [0.15, 0.2) is 30.3 Å². The summed E-state index contributed by atoms with van der Waals surface area (Å²) in [7, 11) is 0. The number of rotatable bonds is 3. The molecule has 4 nitrogen and oxygen atoms in total. The molecular formula is C13H15NO3. The van der Waals surface area contributed by atoms with E-state index < -0.39 is 5.97 Å². The van der Waals surface area contributed by atoms with Crippen molar-refractivity contribution < 1.29 is 14.7 Å². The third kappa shape index (κ3) is 2.84. The minimum absolute atomic E-state index is 0.0104. The van der Waals surface area contributed by atoms with Crippen LogP contribution in [0.1, 0.15) is 29.6 Å². The fraction of sp³-hybridized carbons (Fsp3) is 0.385. The number of amides is 1. The molecule has 1 amide bonds. The Morgan fingerprint density at radius 1 is 1.18 bits per heavy atom. The van der Waals surface area contributed by atoms with Crippen LogP contribution in [-0.2, 0) is 4.79 Å². The van der Waals surface area contributed by atoms with Crippen molar-refractivity contribution in [1.29, 1.82) is 0 Å². The second-order valence-corrected chi connectivity index (χ2v) is 4.38. The summed E-state index contributed by atoms with van der Waals surface area (Å²) in [5.41, 5.74) is 0.617. The van der Waals surface area contributed by atoms with Gasteiger partial charge >= 0.3 is 5.97 Å². The molecule has 2 N–H and O–H groups in total. The highest BCUT2D eigenvalue weighted by molar-refractivity contribution is 5.94. The molecule has 0 unspecified atom stereocenters. The molecule has 0 aliphatic heterocycles. The highest BCUT2D eigenvalue weighted by Gasteiger charge is 2.30. The van der Waals surface area contributed by atoms with Crippen molar-refractivity contribution >= 4 is 11.9 Å². The van der Waals surface area contributed by atoms with Crippen molar-refractivity contribution in [1.82, 2.24) is 5.32 Å². The molecule has 2 rings (SSSR count). The van der Waals surface area contributed by atoms with E-state index in [0.717, 1.165) is 6.42 Å². The zero-order chi connectivity index (χ0) is 12.3. The van der Waals surface area contributed by atoms with Gasteiger partial charge in [0, 0.05) is 11.6 Å². The van der Waals surface area contributed by atoms with Gasteiger partial charge in [-0.2, -0.15) is 0 Å². The number of carbonyl (C=O) groups excluding carboxylic acids is 1. The standard InChI is InChI=1S/C13H15NO3/c15-12(9-4-2-1-3-5-9)14-11-7-6-10(8-11)13(16)17/h1-5,10-11H,6-8H2,(H,14,15)(H,16,17)/t10-,11+/m1/s1. The van der Waals surface area contributed by atoms with Gasteiger partial charge in [-0.1, -0.05) is 18.2 Å². The predicted molar refractivity (Wildman–Crippen MR) is 62.7 cm³/mol. The number of aliphatic carboxylic acids is 1. The molecule has 0 radical (unpaired) electrons. The Hall–Kier alpha value is -1.84. The summed E-state index contributed by atoms with van der Waals surface area (Å²) in [5, 5.41) is 11.7. The fourth-order valence-electron chi connectivity index (χ4n) is 2.20. The normalized spacial score (nSPS) is 23.3. The average Bonchev–Trinajstić information content (AvgIpc) is 2.79. The van der Waals surface area contributed by atoms with Crippen molar-refractivity contribution in [3.63, 3.8) is 0 Å². The van der Waals surface area contributed by atoms with E-state index >= 15 is 0 Å². The topological polar surface area (TPSA) is 66.4 Å². The molecule has 1 aliphatic carbocycles. The van der Waals surface area contributed by atoms with Gasteiger partial charge in [-0.05, 0) is 31.4 Å². The lowest BCUT2D eigenvalue weighted by Gasteiger charge is -2.12. The van der Waals surface area contributed by atoms with Gasteiger partial charge in [-0.25, -0.2) is 0 Å². The molecule has 2 atom stereocenters. The van der Waals surface area contributed by atoms with Crippen molar-refractivity contribution in [2.45, 2.75) is 25.3 Å². The Labute approximate surface area is 99.6 Å². The lowest BCUT2D eigenvalue weighted by Crippen LogP contribution is -2.33. The van der Waals surface area contributed by atoms with Crippen LogP contribution in [0.25, 0.3) is 0 Å². The first-order valence-corrected chi connectivity index (χ1v) is 5.75. The van der Waals surface area contributed by atoms with Gasteiger partial charge in [0.1, 0.15) is 0 Å². The second-order valence-electron chi connectivity index (χ2n) is 4.38. The molecule has 0 bridgehead atoms. The molecule has 1 aromatic carbocycles. The Morgan fingerprint density at radius 2 is 1.88 bits per heavy atom. The molecule has 0 aromatic heterocycles. The fourth-order valence-corrected chi connectivity index (χ4v) is 2.20. The monoisotopic (exact) mass is 233 g/mol. The zero-order valence-corrected chi connectivity index (χ0v) is 9.43. The first-order chi connectivity index (χ1) is 8.16. The van der Waals surface area contributed by atoms with Gasteiger partial charge < -0.3 is 10.4 Å². The van der Waals surface area contributed by atoms with Gasteiger partial charge in [0.15, 0.2) is 0 Å². The first kappa shape index (κ1) is 11.6. The van der Waals surface area contributed by atoms with E-state index in [1.165, 1.54) is 0 Å². The minimum atomic E-state index is -0.763. The highest BCUT2D eigenvalue weighted by atomic mass is 16.4. The summed E-state index contributed by atoms with van der Waals surface area (Å²) in [6.07, 6.45) is 1.93. The first-order valence-electron chi connectivity index (χ1n) is 5.75. The molecule has 1 fully saturated rings. The molecule has 1 aliphatic rings. The van der Waals surface area contributed by atoms with Crippen LogP contribution in [0.5, 0.6) is 0 Å². The molecule has 1 aromatic rings. The van der Waals surface area contributed by atoms with Crippen molar-refractivity contribution in [2.75, 3.05) is 0 Å². The molecule has 17 heavy (non-hydrogen) atoms.